The first kappa shape index (κ1) is 24.1. The standard InChI is InChI=1S/C26H40BNO3/c1-17-13-21-22(24(5,6)12-11-23(21,3)4)15-19(17)14-20(16-28-18(2)29)27-30-25(7,8)26(9,10)31-27/h13-15H,11-12,16H2,1-10H3,(H,28,29). The molecule has 1 heterocycles. The number of carbonyl (C=O) groups excluding carboxylic acids is 1. The minimum absolute atomic E-state index is 0.0625. The summed E-state index contributed by atoms with van der Waals surface area (Å²) in [5.41, 5.74) is 5.69. The summed E-state index contributed by atoms with van der Waals surface area (Å²) in [6.45, 7) is 21.7. The van der Waals surface area contributed by atoms with Crippen LogP contribution in [0, 0.1) is 6.92 Å². The normalized spacial score (nSPS) is 23.4. The number of nitrogens with one attached hydrogen (secondary N) is 1. The second-order valence-electron chi connectivity index (χ2n) is 11.7. The SMILES string of the molecule is CC(=O)NCC(=Cc1cc2c(cc1C)C(C)(C)CCC2(C)C)B1OC(C)(C)C(C)(C)O1. The lowest BCUT2D eigenvalue weighted by Crippen LogP contribution is -2.41. The van der Waals surface area contributed by atoms with Gasteiger partial charge in [0.1, 0.15) is 0 Å². The van der Waals surface area contributed by atoms with Crippen LogP contribution in [0.5, 0.6) is 0 Å². The van der Waals surface area contributed by atoms with E-state index < -0.39 is 18.3 Å². The van der Waals surface area contributed by atoms with E-state index >= 15 is 0 Å². The van der Waals surface area contributed by atoms with Crippen molar-refractivity contribution in [2.75, 3.05) is 6.54 Å². The van der Waals surface area contributed by atoms with E-state index in [1.807, 2.05) is 0 Å². The van der Waals surface area contributed by atoms with Crippen molar-refractivity contribution in [3.63, 3.8) is 0 Å². The summed E-state index contributed by atoms with van der Waals surface area (Å²) >= 11 is 0. The summed E-state index contributed by atoms with van der Waals surface area (Å²) in [5.74, 6) is -0.0625. The molecule has 1 fully saturated rings. The highest BCUT2D eigenvalue weighted by molar-refractivity contribution is 6.56. The minimum Gasteiger partial charge on any atom is -0.400 e. The maximum Gasteiger partial charge on any atom is 0.492 e. The van der Waals surface area contributed by atoms with Gasteiger partial charge in [0.25, 0.3) is 0 Å². The molecule has 2 aliphatic rings. The number of aryl methyl sites for hydroxylation is 1. The predicted octanol–water partition coefficient (Wildman–Crippen LogP) is 5.49. The molecule has 170 valence electrons. The van der Waals surface area contributed by atoms with E-state index in [-0.39, 0.29) is 16.7 Å². The van der Waals surface area contributed by atoms with E-state index in [1.165, 1.54) is 42.0 Å². The van der Waals surface area contributed by atoms with E-state index in [0.717, 1.165) is 5.47 Å². The van der Waals surface area contributed by atoms with Crippen molar-refractivity contribution in [3.05, 3.63) is 39.9 Å². The Balaban J connectivity index is 2.07. The highest BCUT2D eigenvalue weighted by Crippen LogP contribution is 2.47. The number of fused-ring (bicyclic) bond motifs is 1. The maximum absolute atomic E-state index is 11.7. The fraction of sp³-hybridized carbons (Fsp3) is 0.654. The number of hydrogen-bond donors (Lipinski definition) is 1. The van der Waals surface area contributed by atoms with E-state index in [1.54, 1.807) is 0 Å². The zero-order chi connectivity index (χ0) is 23.4. The van der Waals surface area contributed by atoms with Gasteiger partial charge in [-0.25, -0.2) is 0 Å². The largest absolute Gasteiger partial charge is 0.492 e. The Bertz CT molecular complexity index is 895. The molecule has 0 atom stereocenters. The number of amides is 1. The van der Waals surface area contributed by atoms with Gasteiger partial charge in [-0.1, -0.05) is 45.9 Å². The number of hydrogen-bond acceptors (Lipinski definition) is 3. The van der Waals surface area contributed by atoms with Gasteiger partial charge >= 0.3 is 7.12 Å². The van der Waals surface area contributed by atoms with Crippen LogP contribution < -0.4 is 5.32 Å². The Morgan fingerprint density at radius 3 is 1.94 bits per heavy atom. The molecular weight excluding hydrogens is 385 g/mol. The first-order valence-electron chi connectivity index (χ1n) is 11.5. The molecule has 0 aromatic heterocycles. The molecule has 1 amide bonds. The molecule has 0 spiro atoms. The Kier molecular flexibility index (Phi) is 6.03. The van der Waals surface area contributed by atoms with Crippen molar-refractivity contribution in [2.45, 2.75) is 104 Å². The maximum atomic E-state index is 11.7. The Morgan fingerprint density at radius 1 is 0.968 bits per heavy atom. The third-order valence-electron chi connectivity index (χ3n) is 7.68. The van der Waals surface area contributed by atoms with Crippen LogP contribution in [0.15, 0.2) is 17.6 Å². The fourth-order valence-electron chi connectivity index (χ4n) is 4.52. The van der Waals surface area contributed by atoms with E-state index in [0.29, 0.717) is 6.54 Å². The van der Waals surface area contributed by atoms with Gasteiger partial charge in [-0.2, -0.15) is 0 Å². The summed E-state index contributed by atoms with van der Waals surface area (Å²) in [6, 6.07) is 4.72. The van der Waals surface area contributed by atoms with Gasteiger partial charge in [-0.3, -0.25) is 4.79 Å². The lowest BCUT2D eigenvalue weighted by atomic mass is 9.62. The zero-order valence-electron chi connectivity index (χ0n) is 21.2. The molecule has 1 N–H and O–H groups in total. The molecule has 1 aromatic carbocycles. The Hall–Kier alpha value is -1.59. The van der Waals surface area contributed by atoms with E-state index in [2.05, 4.69) is 85.8 Å². The molecular formula is C26H40BNO3. The highest BCUT2D eigenvalue weighted by Gasteiger charge is 2.52. The molecule has 1 aliphatic carbocycles. The van der Waals surface area contributed by atoms with Gasteiger partial charge in [0, 0.05) is 13.5 Å². The first-order chi connectivity index (χ1) is 14.1. The average Bonchev–Trinajstić information content (AvgIpc) is 2.84. The van der Waals surface area contributed by atoms with E-state index in [4.69, 9.17) is 9.31 Å². The molecule has 3 rings (SSSR count). The van der Waals surface area contributed by atoms with Gasteiger partial charge in [-0.15, -0.1) is 0 Å². The summed E-state index contributed by atoms with van der Waals surface area (Å²) in [5, 5.41) is 2.94. The van der Waals surface area contributed by atoms with Crippen molar-refractivity contribution in [1.82, 2.24) is 5.32 Å². The topological polar surface area (TPSA) is 47.6 Å². The lowest BCUT2D eigenvalue weighted by molar-refractivity contribution is -0.118. The molecule has 0 unspecified atom stereocenters. The quantitative estimate of drug-likeness (QED) is 0.649. The molecule has 1 aliphatic heterocycles. The number of benzene rings is 1. The summed E-state index contributed by atoms with van der Waals surface area (Å²) < 4.78 is 12.6. The monoisotopic (exact) mass is 425 g/mol. The van der Waals surface area contributed by atoms with Crippen LogP contribution in [0.2, 0.25) is 0 Å². The second kappa shape index (κ2) is 7.77. The lowest BCUT2D eigenvalue weighted by Gasteiger charge is -2.42. The molecule has 0 radical (unpaired) electrons. The van der Waals surface area contributed by atoms with Gasteiger partial charge < -0.3 is 14.6 Å². The fourth-order valence-corrected chi connectivity index (χ4v) is 4.52. The molecule has 1 saturated heterocycles. The molecule has 0 saturated carbocycles. The van der Waals surface area contributed by atoms with Crippen LogP contribution in [-0.4, -0.2) is 30.8 Å². The predicted molar refractivity (Wildman–Crippen MR) is 129 cm³/mol. The number of rotatable bonds is 4. The summed E-state index contributed by atoms with van der Waals surface area (Å²) in [4.78, 5) is 11.7. The minimum atomic E-state index is -0.489. The molecule has 4 nitrogen and oxygen atoms in total. The number of carbonyl (C=O) groups is 1. The van der Waals surface area contributed by atoms with Crippen molar-refractivity contribution < 1.29 is 14.1 Å². The smallest absolute Gasteiger partial charge is 0.400 e. The zero-order valence-corrected chi connectivity index (χ0v) is 21.2. The van der Waals surface area contributed by atoms with Gasteiger partial charge in [0.05, 0.1) is 11.2 Å². The van der Waals surface area contributed by atoms with Crippen LogP contribution in [0.3, 0.4) is 0 Å². The van der Waals surface area contributed by atoms with Crippen molar-refractivity contribution in [2.24, 2.45) is 0 Å². The molecule has 1 aromatic rings. The van der Waals surface area contributed by atoms with Crippen LogP contribution in [0.1, 0.15) is 97.4 Å². The van der Waals surface area contributed by atoms with Crippen molar-refractivity contribution in [3.8, 4) is 0 Å². The third kappa shape index (κ3) is 4.63. The second-order valence-corrected chi connectivity index (χ2v) is 11.7. The Labute approximate surface area is 189 Å². The van der Waals surface area contributed by atoms with Crippen LogP contribution in [0.25, 0.3) is 6.08 Å². The van der Waals surface area contributed by atoms with Gasteiger partial charge in [0.2, 0.25) is 5.91 Å². The van der Waals surface area contributed by atoms with Crippen LogP contribution >= 0.6 is 0 Å². The van der Waals surface area contributed by atoms with Gasteiger partial charge in [0.15, 0.2) is 0 Å². The van der Waals surface area contributed by atoms with Gasteiger partial charge in [-0.05, 0) is 86.0 Å². The van der Waals surface area contributed by atoms with Crippen LogP contribution in [0.4, 0.5) is 0 Å². The highest BCUT2D eigenvalue weighted by atomic mass is 16.7. The van der Waals surface area contributed by atoms with E-state index in [9.17, 15) is 4.79 Å². The third-order valence-corrected chi connectivity index (χ3v) is 7.68. The average molecular weight is 425 g/mol. The van der Waals surface area contributed by atoms with Crippen molar-refractivity contribution in [1.29, 1.82) is 0 Å². The molecule has 31 heavy (non-hydrogen) atoms. The summed E-state index contributed by atoms with van der Waals surface area (Å²) in [6.07, 6.45) is 4.53. The molecule has 0 bridgehead atoms. The Morgan fingerprint density at radius 2 is 1.45 bits per heavy atom. The van der Waals surface area contributed by atoms with Crippen molar-refractivity contribution >= 4 is 19.1 Å². The summed E-state index contributed by atoms with van der Waals surface area (Å²) in [7, 11) is -0.489. The first-order valence-corrected chi connectivity index (χ1v) is 11.5. The van der Waals surface area contributed by atoms with Crippen LogP contribution in [-0.2, 0) is 24.9 Å². The molecule has 5 heteroatoms.